The van der Waals surface area contributed by atoms with Gasteiger partial charge in [-0.15, -0.1) is 0 Å². The number of aryl methyl sites for hydroxylation is 2. The molecule has 1 aromatic carbocycles. The molecule has 0 unspecified atom stereocenters. The lowest BCUT2D eigenvalue weighted by Gasteiger charge is -2.08. The first-order chi connectivity index (χ1) is 7.15. The van der Waals surface area contributed by atoms with Crippen molar-refractivity contribution in [3.8, 4) is 0 Å². The van der Waals surface area contributed by atoms with Gasteiger partial charge in [0.05, 0.1) is 0 Å². The highest BCUT2D eigenvalue weighted by Gasteiger charge is 2.07. The molecule has 0 aromatic heterocycles. The summed E-state index contributed by atoms with van der Waals surface area (Å²) in [5.41, 5.74) is 3.49. The van der Waals surface area contributed by atoms with Crippen LogP contribution in [0.2, 0.25) is 0 Å². The van der Waals surface area contributed by atoms with Gasteiger partial charge in [-0.1, -0.05) is 18.2 Å². The Bertz CT molecular complexity index is 322. The van der Waals surface area contributed by atoms with E-state index in [1.165, 1.54) is 11.1 Å². The summed E-state index contributed by atoms with van der Waals surface area (Å²) in [6.45, 7) is 4.15. The molecule has 1 N–H and O–H groups in total. The summed E-state index contributed by atoms with van der Waals surface area (Å²) in [4.78, 5) is 11.6. The van der Waals surface area contributed by atoms with Gasteiger partial charge in [-0.05, 0) is 37.0 Å². The molecule has 0 spiro atoms. The Kier molecular flexibility index (Phi) is 4.50. The minimum Gasteiger partial charge on any atom is -0.396 e. The first-order valence-electron chi connectivity index (χ1n) is 5.33. The van der Waals surface area contributed by atoms with Crippen LogP contribution in [0.3, 0.4) is 0 Å². The molecule has 0 radical (unpaired) electrons. The van der Waals surface area contributed by atoms with Gasteiger partial charge in [0.25, 0.3) is 0 Å². The minimum absolute atomic E-state index is 0.0957. The van der Waals surface area contributed by atoms with Crippen molar-refractivity contribution in [1.29, 1.82) is 0 Å². The number of Topliss-reactive ketones (excluding diaryl/α,β-unsaturated/α-hetero) is 1. The van der Waals surface area contributed by atoms with Crippen LogP contribution in [0.15, 0.2) is 18.2 Å². The molecule has 1 rings (SSSR count). The van der Waals surface area contributed by atoms with Crippen molar-refractivity contribution in [2.75, 3.05) is 6.61 Å². The van der Waals surface area contributed by atoms with Crippen LogP contribution in [0.1, 0.15) is 29.5 Å². The number of carbonyl (C=O) groups excluding carboxylic acids is 1. The van der Waals surface area contributed by atoms with Crippen LogP contribution < -0.4 is 0 Å². The van der Waals surface area contributed by atoms with Gasteiger partial charge in [-0.3, -0.25) is 4.79 Å². The van der Waals surface area contributed by atoms with Crippen molar-refractivity contribution >= 4 is 5.78 Å². The van der Waals surface area contributed by atoms with Gasteiger partial charge in [-0.25, -0.2) is 0 Å². The molecule has 2 nitrogen and oxygen atoms in total. The highest BCUT2D eigenvalue weighted by Crippen LogP contribution is 2.14. The SMILES string of the molecule is Cc1cccc(C)c1CC(=O)CCCO. The Morgan fingerprint density at radius 3 is 2.40 bits per heavy atom. The van der Waals surface area contributed by atoms with Crippen LogP contribution in [0.5, 0.6) is 0 Å². The Balaban J connectivity index is 2.68. The van der Waals surface area contributed by atoms with Gasteiger partial charge >= 0.3 is 0 Å². The van der Waals surface area contributed by atoms with E-state index in [-0.39, 0.29) is 12.4 Å². The topological polar surface area (TPSA) is 37.3 Å². The summed E-state index contributed by atoms with van der Waals surface area (Å²) >= 11 is 0. The summed E-state index contributed by atoms with van der Waals surface area (Å²) in [5.74, 6) is 0.210. The fraction of sp³-hybridized carbons (Fsp3) is 0.462. The molecule has 0 aliphatic heterocycles. The first kappa shape index (κ1) is 11.9. The van der Waals surface area contributed by atoms with Crippen molar-refractivity contribution < 1.29 is 9.90 Å². The molecule has 0 heterocycles. The van der Waals surface area contributed by atoms with Crippen LogP contribution in [-0.2, 0) is 11.2 Å². The lowest BCUT2D eigenvalue weighted by atomic mass is 9.97. The maximum Gasteiger partial charge on any atom is 0.137 e. The molecular weight excluding hydrogens is 188 g/mol. The maximum absolute atomic E-state index is 11.6. The fourth-order valence-corrected chi connectivity index (χ4v) is 1.69. The number of aliphatic hydroxyl groups is 1. The first-order valence-corrected chi connectivity index (χ1v) is 5.33. The Morgan fingerprint density at radius 2 is 1.87 bits per heavy atom. The molecule has 0 atom stereocenters. The number of carbonyl (C=O) groups is 1. The smallest absolute Gasteiger partial charge is 0.137 e. The van der Waals surface area contributed by atoms with E-state index in [0.717, 1.165) is 5.56 Å². The number of aliphatic hydroxyl groups excluding tert-OH is 1. The third kappa shape index (κ3) is 3.48. The summed E-state index contributed by atoms with van der Waals surface area (Å²) in [6.07, 6.45) is 1.55. The standard InChI is InChI=1S/C13H18O2/c1-10-5-3-6-11(2)13(10)9-12(15)7-4-8-14/h3,5-6,14H,4,7-9H2,1-2H3. The zero-order chi connectivity index (χ0) is 11.3. The van der Waals surface area contributed by atoms with Gasteiger partial charge in [0.2, 0.25) is 0 Å². The molecule has 0 fully saturated rings. The molecule has 0 saturated carbocycles. The highest BCUT2D eigenvalue weighted by molar-refractivity contribution is 5.81. The Labute approximate surface area is 90.9 Å². The van der Waals surface area contributed by atoms with E-state index < -0.39 is 0 Å². The summed E-state index contributed by atoms with van der Waals surface area (Å²) < 4.78 is 0. The number of ketones is 1. The zero-order valence-electron chi connectivity index (χ0n) is 9.42. The predicted octanol–water partition coefficient (Wildman–Crippen LogP) is 2.19. The second-order valence-corrected chi connectivity index (χ2v) is 3.91. The third-order valence-corrected chi connectivity index (χ3v) is 2.63. The van der Waals surface area contributed by atoms with E-state index in [9.17, 15) is 4.79 Å². The lowest BCUT2D eigenvalue weighted by Crippen LogP contribution is -2.06. The second kappa shape index (κ2) is 5.66. The lowest BCUT2D eigenvalue weighted by molar-refractivity contribution is -0.118. The molecule has 0 bridgehead atoms. The molecular formula is C13H18O2. The minimum atomic E-state index is 0.0957. The van der Waals surface area contributed by atoms with Gasteiger partial charge in [-0.2, -0.15) is 0 Å². The van der Waals surface area contributed by atoms with Crippen LogP contribution in [0.25, 0.3) is 0 Å². The average molecular weight is 206 g/mol. The number of hydrogen-bond acceptors (Lipinski definition) is 2. The number of hydrogen-bond donors (Lipinski definition) is 1. The van der Waals surface area contributed by atoms with Crippen LogP contribution in [0, 0.1) is 13.8 Å². The molecule has 0 aliphatic rings. The monoisotopic (exact) mass is 206 g/mol. The normalized spacial score (nSPS) is 10.3. The van der Waals surface area contributed by atoms with Crippen molar-refractivity contribution in [2.24, 2.45) is 0 Å². The summed E-state index contributed by atoms with van der Waals surface area (Å²) in [5, 5.41) is 8.64. The van der Waals surface area contributed by atoms with Gasteiger partial charge in [0.1, 0.15) is 5.78 Å². The molecule has 82 valence electrons. The van der Waals surface area contributed by atoms with Crippen LogP contribution >= 0.6 is 0 Å². The van der Waals surface area contributed by atoms with E-state index in [1.54, 1.807) is 0 Å². The van der Waals surface area contributed by atoms with Crippen LogP contribution in [-0.4, -0.2) is 17.5 Å². The quantitative estimate of drug-likeness (QED) is 0.801. The van der Waals surface area contributed by atoms with Gasteiger partial charge in [0.15, 0.2) is 0 Å². The number of rotatable bonds is 5. The van der Waals surface area contributed by atoms with E-state index in [1.807, 2.05) is 32.0 Å². The van der Waals surface area contributed by atoms with Gasteiger partial charge in [0, 0.05) is 19.4 Å². The summed E-state index contributed by atoms with van der Waals surface area (Å²) in [7, 11) is 0. The van der Waals surface area contributed by atoms with Gasteiger partial charge < -0.3 is 5.11 Å². The second-order valence-electron chi connectivity index (χ2n) is 3.91. The molecule has 15 heavy (non-hydrogen) atoms. The van der Waals surface area contributed by atoms with Crippen molar-refractivity contribution in [3.63, 3.8) is 0 Å². The van der Waals surface area contributed by atoms with E-state index in [2.05, 4.69) is 0 Å². The molecule has 0 saturated heterocycles. The molecule has 1 aromatic rings. The van der Waals surface area contributed by atoms with E-state index in [4.69, 9.17) is 5.11 Å². The number of benzene rings is 1. The Hall–Kier alpha value is -1.15. The third-order valence-electron chi connectivity index (χ3n) is 2.63. The van der Waals surface area contributed by atoms with Crippen molar-refractivity contribution in [3.05, 3.63) is 34.9 Å². The zero-order valence-corrected chi connectivity index (χ0v) is 9.42. The average Bonchev–Trinajstić information content (AvgIpc) is 2.21. The molecule has 0 aliphatic carbocycles. The fourth-order valence-electron chi connectivity index (χ4n) is 1.69. The van der Waals surface area contributed by atoms with Crippen molar-refractivity contribution in [2.45, 2.75) is 33.1 Å². The van der Waals surface area contributed by atoms with Crippen molar-refractivity contribution in [1.82, 2.24) is 0 Å². The summed E-state index contributed by atoms with van der Waals surface area (Å²) in [6, 6.07) is 6.07. The highest BCUT2D eigenvalue weighted by atomic mass is 16.3. The van der Waals surface area contributed by atoms with E-state index >= 15 is 0 Å². The predicted molar refractivity (Wildman–Crippen MR) is 60.9 cm³/mol. The van der Waals surface area contributed by atoms with E-state index in [0.29, 0.717) is 19.3 Å². The largest absolute Gasteiger partial charge is 0.396 e. The maximum atomic E-state index is 11.6. The Morgan fingerprint density at radius 1 is 1.27 bits per heavy atom. The van der Waals surface area contributed by atoms with Crippen LogP contribution in [0.4, 0.5) is 0 Å². The molecule has 0 amide bonds. The molecule has 2 heteroatoms.